The van der Waals surface area contributed by atoms with Crippen LogP contribution >= 0.6 is 11.6 Å². The number of hydrogen-bond acceptors (Lipinski definition) is 4. The van der Waals surface area contributed by atoms with Crippen molar-refractivity contribution in [3.63, 3.8) is 0 Å². The smallest absolute Gasteiger partial charge is 0.249 e. The zero-order valence-electron chi connectivity index (χ0n) is 7.89. The van der Waals surface area contributed by atoms with E-state index in [2.05, 4.69) is 0 Å². The first kappa shape index (κ1) is 12.7. The van der Waals surface area contributed by atoms with Gasteiger partial charge in [0.1, 0.15) is 17.7 Å². The second-order valence-corrected chi connectivity index (χ2v) is 3.52. The summed E-state index contributed by atoms with van der Waals surface area (Å²) >= 11 is 5.45. The van der Waals surface area contributed by atoms with Crippen LogP contribution in [0.4, 0.5) is 4.39 Å². The Morgan fingerprint density at radius 2 is 2.00 bits per heavy atom. The van der Waals surface area contributed by atoms with E-state index in [1.165, 1.54) is 0 Å². The molecular weight excluding hydrogens is 241 g/mol. The van der Waals surface area contributed by atoms with Gasteiger partial charge in [0.05, 0.1) is 5.02 Å². The molecule has 0 radical (unpaired) electrons. The van der Waals surface area contributed by atoms with E-state index in [9.17, 15) is 19.4 Å². The van der Waals surface area contributed by atoms with Crippen LogP contribution in [-0.2, 0) is 4.79 Å². The maximum atomic E-state index is 12.9. The van der Waals surface area contributed by atoms with Crippen LogP contribution in [0.25, 0.3) is 0 Å². The number of amides is 1. The zero-order chi connectivity index (χ0) is 12.5. The van der Waals surface area contributed by atoms with Crippen molar-refractivity contribution in [2.24, 2.45) is 5.73 Å². The van der Waals surface area contributed by atoms with Crippen molar-refractivity contribution in [3.05, 3.63) is 28.5 Å². The van der Waals surface area contributed by atoms with Crippen LogP contribution in [0.15, 0.2) is 12.1 Å². The van der Waals surface area contributed by atoms with Crippen molar-refractivity contribution >= 4 is 17.5 Å². The largest absolute Gasteiger partial charge is 0.506 e. The Balaban J connectivity index is 3.17. The number of nitrogens with two attached hydrogens (primary N) is 1. The first-order valence-electron chi connectivity index (χ1n) is 4.18. The lowest BCUT2D eigenvalue weighted by Crippen LogP contribution is -2.33. The summed E-state index contributed by atoms with van der Waals surface area (Å²) in [6, 6.07) is 1.57. The van der Waals surface area contributed by atoms with Gasteiger partial charge in [-0.3, -0.25) is 4.79 Å². The second-order valence-electron chi connectivity index (χ2n) is 3.12. The molecule has 0 spiro atoms. The molecule has 0 fully saturated rings. The Kier molecular flexibility index (Phi) is 3.69. The molecule has 0 aliphatic carbocycles. The van der Waals surface area contributed by atoms with Gasteiger partial charge in [-0.25, -0.2) is 4.39 Å². The summed E-state index contributed by atoms with van der Waals surface area (Å²) in [5.74, 6) is -2.64. The van der Waals surface area contributed by atoms with E-state index in [0.717, 1.165) is 12.1 Å². The van der Waals surface area contributed by atoms with Gasteiger partial charge in [0.2, 0.25) is 5.91 Å². The quantitative estimate of drug-likeness (QED) is 0.608. The zero-order valence-corrected chi connectivity index (χ0v) is 8.65. The Morgan fingerprint density at radius 3 is 2.50 bits per heavy atom. The summed E-state index contributed by atoms with van der Waals surface area (Å²) in [6.45, 7) is 0. The monoisotopic (exact) mass is 249 g/mol. The molecule has 2 atom stereocenters. The number of phenolic OH excluding ortho intramolecular Hbond substituents is 1. The normalized spacial score (nSPS) is 14.5. The van der Waals surface area contributed by atoms with Crippen LogP contribution in [0.3, 0.4) is 0 Å². The number of rotatable bonds is 3. The van der Waals surface area contributed by atoms with Crippen molar-refractivity contribution in [2.45, 2.75) is 12.2 Å². The number of carbonyl (C=O) groups is 1. The van der Waals surface area contributed by atoms with Crippen LogP contribution in [0.5, 0.6) is 5.75 Å². The summed E-state index contributed by atoms with van der Waals surface area (Å²) in [7, 11) is 0. The molecule has 0 saturated carbocycles. The van der Waals surface area contributed by atoms with E-state index >= 15 is 0 Å². The van der Waals surface area contributed by atoms with Gasteiger partial charge in [0.25, 0.3) is 0 Å². The van der Waals surface area contributed by atoms with E-state index in [-0.39, 0.29) is 5.02 Å². The number of aliphatic hydroxyl groups excluding tert-OH is 2. The minimum absolute atomic E-state index is 0.342. The summed E-state index contributed by atoms with van der Waals surface area (Å²) in [5.41, 5.74) is 4.34. The number of halogens is 2. The molecule has 0 saturated heterocycles. The highest BCUT2D eigenvalue weighted by Crippen LogP contribution is 2.33. The molecule has 1 aromatic carbocycles. The molecule has 1 amide bonds. The molecule has 1 aromatic rings. The van der Waals surface area contributed by atoms with Gasteiger partial charge in [-0.2, -0.15) is 0 Å². The lowest BCUT2D eigenvalue weighted by atomic mass is 10.0. The summed E-state index contributed by atoms with van der Waals surface area (Å²) < 4.78 is 12.9. The maximum Gasteiger partial charge on any atom is 0.249 e. The highest BCUT2D eigenvalue weighted by molar-refractivity contribution is 6.32. The fourth-order valence-electron chi connectivity index (χ4n) is 1.14. The molecule has 5 nitrogen and oxygen atoms in total. The van der Waals surface area contributed by atoms with Gasteiger partial charge in [-0.15, -0.1) is 0 Å². The number of aliphatic hydroxyl groups is 2. The van der Waals surface area contributed by atoms with Gasteiger partial charge < -0.3 is 21.1 Å². The predicted molar refractivity (Wildman–Crippen MR) is 53.2 cm³/mol. The minimum Gasteiger partial charge on any atom is -0.506 e. The molecule has 88 valence electrons. The highest BCUT2D eigenvalue weighted by atomic mass is 35.5. The standard InChI is InChI=1S/C9H9ClFNO4/c10-5-2-3(11)1-4(6(5)13)7(14)8(15)9(12)16/h1-2,7-8,13-15H,(H2,12,16). The highest BCUT2D eigenvalue weighted by Gasteiger charge is 2.27. The minimum atomic E-state index is -1.95. The Morgan fingerprint density at radius 1 is 1.44 bits per heavy atom. The van der Waals surface area contributed by atoms with Crippen molar-refractivity contribution < 1.29 is 24.5 Å². The average molecular weight is 250 g/mol. The van der Waals surface area contributed by atoms with Gasteiger partial charge in [0.15, 0.2) is 6.10 Å². The van der Waals surface area contributed by atoms with Gasteiger partial charge in [-0.1, -0.05) is 11.6 Å². The topological polar surface area (TPSA) is 104 Å². The van der Waals surface area contributed by atoms with Crippen molar-refractivity contribution in [3.8, 4) is 5.75 Å². The first-order valence-corrected chi connectivity index (χ1v) is 4.55. The van der Waals surface area contributed by atoms with Crippen LogP contribution < -0.4 is 5.73 Å². The Labute approximate surface area is 94.9 Å². The molecule has 0 aliphatic rings. The lowest BCUT2D eigenvalue weighted by Gasteiger charge is -2.16. The van der Waals surface area contributed by atoms with E-state index in [1.807, 2.05) is 0 Å². The van der Waals surface area contributed by atoms with E-state index < -0.39 is 35.2 Å². The Bertz CT molecular complexity index is 426. The molecular formula is C9H9ClFNO4. The first-order chi connectivity index (χ1) is 7.34. The third-order valence-electron chi connectivity index (χ3n) is 1.97. The van der Waals surface area contributed by atoms with Crippen molar-refractivity contribution in [2.75, 3.05) is 0 Å². The third-order valence-corrected chi connectivity index (χ3v) is 2.25. The summed E-state index contributed by atoms with van der Waals surface area (Å²) in [4.78, 5) is 10.6. The van der Waals surface area contributed by atoms with Crippen molar-refractivity contribution in [1.82, 2.24) is 0 Å². The maximum absolute atomic E-state index is 12.9. The molecule has 0 heterocycles. The van der Waals surface area contributed by atoms with Crippen LogP contribution in [0.1, 0.15) is 11.7 Å². The number of hydrogen-bond donors (Lipinski definition) is 4. The van der Waals surface area contributed by atoms with Gasteiger partial charge >= 0.3 is 0 Å². The number of aromatic hydroxyl groups is 1. The average Bonchev–Trinajstić information content (AvgIpc) is 2.21. The molecule has 0 aliphatic heterocycles. The van der Waals surface area contributed by atoms with Crippen molar-refractivity contribution in [1.29, 1.82) is 0 Å². The van der Waals surface area contributed by atoms with E-state index in [1.54, 1.807) is 0 Å². The molecule has 2 unspecified atom stereocenters. The third kappa shape index (κ3) is 2.41. The number of phenols is 1. The second kappa shape index (κ2) is 4.65. The van der Waals surface area contributed by atoms with Crippen LogP contribution in [0.2, 0.25) is 5.02 Å². The number of benzene rings is 1. The number of carbonyl (C=O) groups excluding carboxylic acids is 1. The Hall–Kier alpha value is -1.37. The van der Waals surface area contributed by atoms with Crippen LogP contribution in [0, 0.1) is 5.82 Å². The van der Waals surface area contributed by atoms with E-state index in [4.69, 9.17) is 22.4 Å². The predicted octanol–water partition coefficient (Wildman–Crippen LogP) is 0.0643. The molecule has 7 heteroatoms. The van der Waals surface area contributed by atoms with Gasteiger partial charge in [-0.05, 0) is 12.1 Å². The molecule has 16 heavy (non-hydrogen) atoms. The summed E-state index contributed by atoms with van der Waals surface area (Å²) in [5, 5.41) is 27.7. The van der Waals surface area contributed by atoms with E-state index in [0.29, 0.717) is 0 Å². The lowest BCUT2D eigenvalue weighted by molar-refractivity contribution is -0.132. The molecule has 0 aromatic heterocycles. The summed E-state index contributed by atoms with van der Waals surface area (Å²) in [6.07, 6.45) is -3.80. The fourth-order valence-corrected chi connectivity index (χ4v) is 1.35. The van der Waals surface area contributed by atoms with Crippen LogP contribution in [-0.4, -0.2) is 27.3 Å². The molecule has 1 rings (SSSR count). The van der Waals surface area contributed by atoms with Gasteiger partial charge in [0, 0.05) is 5.56 Å². The molecule has 0 bridgehead atoms. The molecule has 5 N–H and O–H groups in total. The number of primary amides is 1. The fraction of sp³-hybridized carbons (Fsp3) is 0.222. The SMILES string of the molecule is NC(=O)C(O)C(O)c1cc(F)cc(Cl)c1O.